The maximum Gasteiger partial charge on any atom is 0.237 e. The first-order valence-corrected chi connectivity index (χ1v) is 11.2. The molecule has 0 fully saturated rings. The van der Waals surface area contributed by atoms with Gasteiger partial charge in [-0.15, -0.1) is 16.8 Å². The number of nitrogens with zero attached hydrogens (tertiary/aromatic N) is 5. The highest BCUT2D eigenvalue weighted by molar-refractivity contribution is 7.98. The number of rotatable bonds is 7. The normalized spacial score (nSPS) is 15.0. The quantitative estimate of drug-likeness (QED) is 0.278. The molecule has 2 aromatic heterocycles. The van der Waals surface area contributed by atoms with Crippen LogP contribution in [-0.2, 0) is 12.3 Å². The van der Waals surface area contributed by atoms with Gasteiger partial charge < -0.3 is 14.0 Å². The van der Waals surface area contributed by atoms with Crippen molar-refractivity contribution in [3.8, 4) is 22.9 Å². The Bertz CT molecular complexity index is 1260. The number of allylic oxidation sites excluding steroid dienone is 1. The summed E-state index contributed by atoms with van der Waals surface area (Å²) in [6, 6.07) is 14.9. The monoisotopic (exact) mass is 467 g/mol. The first kappa shape index (κ1) is 20.6. The molecular weight excluding hydrogens is 450 g/mol. The molecule has 10 heteroatoms. The second-order valence-electron chi connectivity index (χ2n) is 6.92. The van der Waals surface area contributed by atoms with Crippen LogP contribution in [0.5, 0.6) is 11.5 Å². The molecule has 0 radical (unpaired) electrons. The van der Waals surface area contributed by atoms with E-state index in [9.17, 15) is 0 Å². The third kappa shape index (κ3) is 4.21. The Morgan fingerprint density at radius 2 is 2.03 bits per heavy atom. The van der Waals surface area contributed by atoms with Crippen molar-refractivity contribution in [1.29, 1.82) is 0 Å². The van der Waals surface area contributed by atoms with Gasteiger partial charge in [0.05, 0.1) is 5.75 Å². The molecule has 0 N–H and O–H groups in total. The van der Waals surface area contributed by atoms with Crippen LogP contribution in [0.3, 0.4) is 0 Å². The first-order valence-electron chi connectivity index (χ1n) is 9.85. The zero-order valence-electron chi connectivity index (χ0n) is 16.8. The van der Waals surface area contributed by atoms with Crippen LogP contribution in [0, 0.1) is 0 Å². The third-order valence-electron chi connectivity index (χ3n) is 4.73. The summed E-state index contributed by atoms with van der Waals surface area (Å²) in [4.78, 5) is 4.45. The summed E-state index contributed by atoms with van der Waals surface area (Å²) in [6.45, 7) is 4.73. The van der Waals surface area contributed by atoms with Gasteiger partial charge in [-0.1, -0.05) is 58.9 Å². The lowest BCUT2D eigenvalue weighted by molar-refractivity contribution is 0.0821. The van der Waals surface area contributed by atoms with Crippen LogP contribution >= 0.6 is 23.4 Å². The van der Waals surface area contributed by atoms with E-state index in [-0.39, 0.29) is 6.10 Å². The van der Waals surface area contributed by atoms with Gasteiger partial charge in [0.1, 0.15) is 6.61 Å². The number of hydrogen-bond acceptors (Lipinski definition) is 8. The number of aromatic nitrogens is 5. The summed E-state index contributed by atoms with van der Waals surface area (Å²) in [5.41, 5.74) is 0.796. The van der Waals surface area contributed by atoms with Gasteiger partial charge in [0.25, 0.3) is 0 Å². The average molecular weight is 468 g/mol. The van der Waals surface area contributed by atoms with E-state index in [4.69, 9.17) is 25.6 Å². The van der Waals surface area contributed by atoms with Crippen LogP contribution in [0.1, 0.15) is 17.8 Å². The lowest BCUT2D eigenvalue weighted by Gasteiger charge is -2.26. The minimum atomic E-state index is -0.371. The fraction of sp³-hybridized carbons (Fsp3) is 0.182. The summed E-state index contributed by atoms with van der Waals surface area (Å²) < 4.78 is 19.3. The van der Waals surface area contributed by atoms with Crippen molar-refractivity contribution >= 4 is 23.4 Å². The lowest BCUT2D eigenvalue weighted by atomic mass is 10.2. The second kappa shape index (κ2) is 9.05. The molecule has 1 atom stereocenters. The van der Waals surface area contributed by atoms with Gasteiger partial charge in [0.15, 0.2) is 28.6 Å². The number of halogens is 1. The molecule has 2 aromatic carbocycles. The number of ether oxygens (including phenoxy) is 2. The highest BCUT2D eigenvalue weighted by atomic mass is 35.5. The van der Waals surface area contributed by atoms with Crippen LogP contribution < -0.4 is 9.47 Å². The van der Waals surface area contributed by atoms with Crippen LogP contribution in [0.2, 0.25) is 5.02 Å². The van der Waals surface area contributed by atoms with Crippen molar-refractivity contribution < 1.29 is 14.0 Å². The zero-order valence-corrected chi connectivity index (χ0v) is 18.4. The standard InChI is InChI=1S/C22H18ClN5O3S/c1-2-10-28-21(18-12-29-16-8-3-4-9-17(16)30-18)25-26-22(28)32-13-19-24-20(27-31-19)14-6-5-7-15(23)11-14/h2-9,11,18H,1,10,12-13H2/t18-/m0/s1. The minimum Gasteiger partial charge on any atom is -0.485 e. The van der Waals surface area contributed by atoms with Crippen LogP contribution in [0.15, 0.2) is 70.9 Å². The third-order valence-corrected chi connectivity index (χ3v) is 5.92. The molecule has 0 bridgehead atoms. The molecule has 0 amide bonds. The summed E-state index contributed by atoms with van der Waals surface area (Å²) in [5.74, 6) is 3.49. The summed E-state index contributed by atoms with van der Waals surface area (Å²) >= 11 is 7.49. The molecule has 162 valence electrons. The van der Waals surface area contributed by atoms with Gasteiger partial charge in [-0.3, -0.25) is 4.57 Å². The first-order chi connectivity index (χ1) is 15.7. The van der Waals surface area contributed by atoms with Crippen molar-refractivity contribution in [1.82, 2.24) is 24.9 Å². The molecule has 0 saturated carbocycles. The number of thioether (sulfide) groups is 1. The number of benzene rings is 2. The smallest absolute Gasteiger partial charge is 0.237 e. The molecule has 5 rings (SSSR count). The van der Waals surface area contributed by atoms with E-state index < -0.39 is 0 Å². The van der Waals surface area contributed by atoms with Crippen molar-refractivity contribution in [2.75, 3.05) is 6.61 Å². The Balaban J connectivity index is 1.32. The van der Waals surface area contributed by atoms with E-state index in [1.54, 1.807) is 18.2 Å². The molecular formula is C22H18ClN5O3S. The Labute approximate surface area is 193 Å². The zero-order chi connectivity index (χ0) is 21.9. The fourth-order valence-electron chi connectivity index (χ4n) is 3.28. The number of hydrogen-bond donors (Lipinski definition) is 0. The summed E-state index contributed by atoms with van der Waals surface area (Å²) in [7, 11) is 0. The van der Waals surface area contributed by atoms with E-state index in [0.717, 1.165) is 11.3 Å². The van der Waals surface area contributed by atoms with Gasteiger partial charge in [0.2, 0.25) is 11.7 Å². The number of fused-ring (bicyclic) bond motifs is 1. The predicted molar refractivity (Wildman–Crippen MR) is 120 cm³/mol. The topological polar surface area (TPSA) is 88.1 Å². The summed E-state index contributed by atoms with van der Waals surface area (Å²) in [5, 5.41) is 14.1. The molecule has 32 heavy (non-hydrogen) atoms. The predicted octanol–water partition coefficient (Wildman–Crippen LogP) is 4.97. The molecule has 0 unspecified atom stereocenters. The van der Waals surface area contributed by atoms with Crippen molar-refractivity contribution in [3.63, 3.8) is 0 Å². The Kier molecular flexibility index (Phi) is 5.83. The molecule has 1 aliphatic rings. The van der Waals surface area contributed by atoms with E-state index in [1.807, 2.05) is 41.0 Å². The van der Waals surface area contributed by atoms with Gasteiger partial charge in [0, 0.05) is 17.1 Å². The Hall–Kier alpha value is -3.30. The van der Waals surface area contributed by atoms with E-state index in [1.165, 1.54) is 11.8 Å². The second-order valence-corrected chi connectivity index (χ2v) is 8.29. The maximum atomic E-state index is 6.10. The largest absolute Gasteiger partial charge is 0.485 e. The van der Waals surface area contributed by atoms with Crippen LogP contribution in [0.25, 0.3) is 11.4 Å². The van der Waals surface area contributed by atoms with Crippen LogP contribution in [0.4, 0.5) is 0 Å². The molecule has 0 aliphatic carbocycles. The Morgan fingerprint density at radius 3 is 2.88 bits per heavy atom. The fourth-order valence-corrected chi connectivity index (χ4v) is 4.26. The van der Waals surface area contributed by atoms with Crippen molar-refractivity contribution in [3.05, 3.63) is 77.9 Å². The lowest BCUT2D eigenvalue weighted by Crippen LogP contribution is -2.25. The summed E-state index contributed by atoms with van der Waals surface area (Å²) in [6.07, 6.45) is 1.42. The highest BCUT2D eigenvalue weighted by Crippen LogP contribution is 2.36. The van der Waals surface area contributed by atoms with Gasteiger partial charge >= 0.3 is 0 Å². The van der Waals surface area contributed by atoms with Crippen LogP contribution in [-0.4, -0.2) is 31.5 Å². The SMILES string of the molecule is C=CCn1c(SCc2nc(-c3cccc(Cl)c3)no2)nnc1[C@@H]1COc2ccccc2O1. The number of para-hydroxylation sites is 2. The van der Waals surface area contributed by atoms with Crippen molar-refractivity contribution in [2.24, 2.45) is 0 Å². The Morgan fingerprint density at radius 1 is 1.16 bits per heavy atom. The highest BCUT2D eigenvalue weighted by Gasteiger charge is 2.28. The molecule has 1 aliphatic heterocycles. The van der Waals surface area contributed by atoms with Gasteiger partial charge in [-0.2, -0.15) is 4.98 Å². The van der Waals surface area contributed by atoms with E-state index in [0.29, 0.717) is 52.4 Å². The molecule has 4 aromatic rings. The van der Waals surface area contributed by atoms with E-state index >= 15 is 0 Å². The minimum absolute atomic E-state index is 0.351. The molecule has 3 heterocycles. The van der Waals surface area contributed by atoms with E-state index in [2.05, 4.69) is 26.9 Å². The van der Waals surface area contributed by atoms with Gasteiger partial charge in [-0.05, 0) is 24.3 Å². The molecule has 0 saturated heterocycles. The van der Waals surface area contributed by atoms with Gasteiger partial charge in [-0.25, -0.2) is 0 Å². The molecule has 0 spiro atoms. The average Bonchev–Trinajstić information content (AvgIpc) is 3.45. The maximum absolute atomic E-state index is 6.10. The molecule has 8 nitrogen and oxygen atoms in total. The van der Waals surface area contributed by atoms with Crippen molar-refractivity contribution in [2.45, 2.75) is 23.6 Å².